The molecule has 0 aliphatic carbocycles. The number of carbonyl (C=O) groups excluding carboxylic acids is 1. The van der Waals surface area contributed by atoms with Crippen molar-refractivity contribution in [2.45, 2.75) is 33.2 Å². The lowest BCUT2D eigenvalue weighted by molar-refractivity contribution is -0.151. The summed E-state index contributed by atoms with van der Waals surface area (Å²) in [5.41, 5.74) is 0.921. The van der Waals surface area contributed by atoms with E-state index in [1.165, 1.54) is 11.3 Å². The number of hydrogen-bond donors (Lipinski definition) is 2. The highest BCUT2D eigenvalue weighted by atomic mass is 32.1. The van der Waals surface area contributed by atoms with Crippen LogP contribution < -0.4 is 5.32 Å². The van der Waals surface area contributed by atoms with Crippen molar-refractivity contribution in [2.75, 3.05) is 13.1 Å². The highest BCUT2D eigenvalue weighted by Gasteiger charge is 2.39. The van der Waals surface area contributed by atoms with Gasteiger partial charge in [-0.25, -0.2) is 4.79 Å². The molecule has 1 atom stereocenters. The van der Waals surface area contributed by atoms with Crippen LogP contribution in [0, 0.1) is 11.3 Å². The summed E-state index contributed by atoms with van der Waals surface area (Å²) >= 11 is 1.50. The van der Waals surface area contributed by atoms with Crippen LogP contribution in [0.3, 0.4) is 0 Å². The molecule has 0 saturated carbocycles. The molecular formula is C14H21N3O3S. The number of likely N-dealkylation sites (tertiary alicyclic amines) is 1. The molecular weight excluding hydrogens is 290 g/mol. The molecule has 0 aromatic carbocycles. The number of aromatic nitrogens is 1. The molecule has 1 aromatic heterocycles. The third kappa shape index (κ3) is 3.72. The number of carbonyl (C=O) groups is 2. The van der Waals surface area contributed by atoms with E-state index in [0.29, 0.717) is 19.6 Å². The van der Waals surface area contributed by atoms with E-state index in [2.05, 4.69) is 10.3 Å². The first-order chi connectivity index (χ1) is 9.91. The summed E-state index contributed by atoms with van der Waals surface area (Å²) in [6.45, 7) is 5.11. The maximum absolute atomic E-state index is 12.2. The minimum atomic E-state index is -0.809. The Morgan fingerprint density at radius 1 is 1.57 bits per heavy atom. The van der Waals surface area contributed by atoms with E-state index < -0.39 is 11.4 Å². The first-order valence-electron chi connectivity index (χ1n) is 7.05. The van der Waals surface area contributed by atoms with Crippen molar-refractivity contribution in [2.24, 2.45) is 11.3 Å². The van der Waals surface area contributed by atoms with Crippen molar-refractivity contribution in [1.29, 1.82) is 0 Å². The molecule has 2 rings (SSSR count). The Labute approximate surface area is 128 Å². The molecule has 0 radical (unpaired) electrons. The molecule has 1 aliphatic heterocycles. The summed E-state index contributed by atoms with van der Waals surface area (Å²) in [5, 5.41) is 12.2. The highest BCUT2D eigenvalue weighted by Crippen LogP contribution is 2.34. The SMILES string of the molecule is CC(C)(C(=O)O)C1CCCN(C(=O)NCc2cncs2)C1. The average Bonchev–Trinajstić information content (AvgIpc) is 2.98. The average molecular weight is 311 g/mol. The summed E-state index contributed by atoms with van der Waals surface area (Å²) in [6, 6.07) is -0.130. The predicted octanol–water partition coefficient (Wildman–Crippen LogP) is 2.18. The normalized spacial score (nSPS) is 19.3. The molecule has 1 saturated heterocycles. The van der Waals surface area contributed by atoms with Gasteiger partial charge in [0.25, 0.3) is 0 Å². The summed E-state index contributed by atoms with van der Waals surface area (Å²) < 4.78 is 0. The number of piperidine rings is 1. The molecule has 7 heteroatoms. The van der Waals surface area contributed by atoms with Crippen molar-refractivity contribution < 1.29 is 14.7 Å². The van der Waals surface area contributed by atoms with Crippen molar-refractivity contribution >= 4 is 23.3 Å². The van der Waals surface area contributed by atoms with Crippen LogP contribution in [-0.2, 0) is 11.3 Å². The third-order valence-electron chi connectivity index (χ3n) is 4.18. The van der Waals surface area contributed by atoms with Gasteiger partial charge in [-0.15, -0.1) is 11.3 Å². The minimum Gasteiger partial charge on any atom is -0.481 e. The van der Waals surface area contributed by atoms with Gasteiger partial charge in [-0.2, -0.15) is 0 Å². The van der Waals surface area contributed by atoms with Crippen molar-refractivity contribution in [3.05, 3.63) is 16.6 Å². The quantitative estimate of drug-likeness (QED) is 0.893. The van der Waals surface area contributed by atoms with Crippen molar-refractivity contribution in [3.8, 4) is 0 Å². The van der Waals surface area contributed by atoms with Crippen LogP contribution in [0.15, 0.2) is 11.7 Å². The smallest absolute Gasteiger partial charge is 0.317 e. The topological polar surface area (TPSA) is 82.5 Å². The summed E-state index contributed by atoms with van der Waals surface area (Å²) in [6.07, 6.45) is 3.42. The molecule has 2 amide bonds. The van der Waals surface area contributed by atoms with Gasteiger partial charge in [0.05, 0.1) is 17.5 Å². The number of nitrogens with one attached hydrogen (secondary N) is 1. The number of carboxylic acids is 1. The Balaban J connectivity index is 1.91. The summed E-state index contributed by atoms with van der Waals surface area (Å²) in [4.78, 5) is 30.2. The fourth-order valence-electron chi connectivity index (χ4n) is 2.53. The van der Waals surface area contributed by atoms with E-state index in [1.807, 2.05) is 0 Å². The van der Waals surface area contributed by atoms with Gasteiger partial charge in [-0.1, -0.05) is 0 Å². The van der Waals surface area contributed by atoms with Crippen LogP contribution in [0.2, 0.25) is 0 Å². The molecule has 0 spiro atoms. The molecule has 1 unspecified atom stereocenters. The van der Waals surface area contributed by atoms with Crippen LogP contribution in [-0.4, -0.2) is 40.1 Å². The second-order valence-corrected chi connectivity index (χ2v) is 6.91. The van der Waals surface area contributed by atoms with Gasteiger partial charge in [0.15, 0.2) is 0 Å². The first kappa shape index (κ1) is 15.8. The summed E-state index contributed by atoms with van der Waals surface area (Å²) in [5.74, 6) is -0.822. The predicted molar refractivity (Wildman–Crippen MR) is 80.1 cm³/mol. The number of urea groups is 1. The van der Waals surface area contributed by atoms with E-state index in [1.54, 1.807) is 30.5 Å². The zero-order valence-corrected chi connectivity index (χ0v) is 13.2. The van der Waals surface area contributed by atoms with E-state index >= 15 is 0 Å². The number of amides is 2. The molecule has 1 aromatic rings. The number of nitrogens with zero attached hydrogens (tertiary/aromatic N) is 2. The molecule has 116 valence electrons. The van der Waals surface area contributed by atoms with E-state index in [4.69, 9.17) is 0 Å². The molecule has 2 N–H and O–H groups in total. The standard InChI is InChI=1S/C14H21N3O3S/c1-14(2,12(18)19)10-4-3-5-17(8-10)13(20)16-7-11-6-15-9-21-11/h6,9-10H,3-5,7-8H2,1-2H3,(H,16,20)(H,18,19). The molecule has 6 nitrogen and oxygen atoms in total. The van der Waals surface area contributed by atoms with Crippen molar-refractivity contribution in [1.82, 2.24) is 15.2 Å². The Kier molecular flexibility index (Phi) is 4.82. The van der Waals surface area contributed by atoms with Crippen LogP contribution in [0.1, 0.15) is 31.6 Å². The zero-order valence-electron chi connectivity index (χ0n) is 12.3. The lowest BCUT2D eigenvalue weighted by Crippen LogP contribution is -2.49. The van der Waals surface area contributed by atoms with Crippen LogP contribution in [0.4, 0.5) is 4.79 Å². The second-order valence-electron chi connectivity index (χ2n) is 5.94. The fraction of sp³-hybridized carbons (Fsp3) is 0.643. The zero-order chi connectivity index (χ0) is 15.5. The first-order valence-corrected chi connectivity index (χ1v) is 7.92. The Bertz CT molecular complexity index is 502. The van der Waals surface area contributed by atoms with Gasteiger partial charge in [-0.3, -0.25) is 9.78 Å². The molecule has 21 heavy (non-hydrogen) atoms. The van der Waals surface area contributed by atoms with Gasteiger partial charge in [0.2, 0.25) is 0 Å². The van der Waals surface area contributed by atoms with Gasteiger partial charge in [0.1, 0.15) is 0 Å². The number of aliphatic carboxylic acids is 1. The number of thiazole rings is 1. The second kappa shape index (κ2) is 6.43. The number of hydrogen-bond acceptors (Lipinski definition) is 4. The summed E-state index contributed by atoms with van der Waals surface area (Å²) in [7, 11) is 0. The van der Waals surface area contributed by atoms with Crippen molar-refractivity contribution in [3.63, 3.8) is 0 Å². The van der Waals surface area contributed by atoms with E-state index in [-0.39, 0.29) is 11.9 Å². The number of rotatable bonds is 4. The maximum atomic E-state index is 12.2. The minimum absolute atomic E-state index is 0.0158. The largest absolute Gasteiger partial charge is 0.481 e. The molecule has 2 heterocycles. The van der Waals surface area contributed by atoms with Gasteiger partial charge in [-0.05, 0) is 32.6 Å². The van der Waals surface area contributed by atoms with Crippen LogP contribution in [0.5, 0.6) is 0 Å². The van der Waals surface area contributed by atoms with Gasteiger partial charge in [0, 0.05) is 24.2 Å². The Hall–Kier alpha value is -1.63. The lowest BCUT2D eigenvalue weighted by atomic mass is 9.74. The highest BCUT2D eigenvalue weighted by molar-refractivity contribution is 7.09. The molecule has 0 bridgehead atoms. The van der Waals surface area contributed by atoms with E-state index in [0.717, 1.165) is 17.7 Å². The van der Waals surface area contributed by atoms with Crippen LogP contribution in [0.25, 0.3) is 0 Å². The number of carboxylic acid groups (broad SMARTS) is 1. The maximum Gasteiger partial charge on any atom is 0.317 e. The fourth-order valence-corrected chi connectivity index (χ4v) is 3.06. The van der Waals surface area contributed by atoms with Gasteiger partial charge < -0.3 is 15.3 Å². The van der Waals surface area contributed by atoms with Gasteiger partial charge >= 0.3 is 12.0 Å². The monoisotopic (exact) mass is 311 g/mol. The Morgan fingerprint density at radius 2 is 2.33 bits per heavy atom. The molecule has 1 fully saturated rings. The molecule has 1 aliphatic rings. The lowest BCUT2D eigenvalue weighted by Gasteiger charge is -2.39. The van der Waals surface area contributed by atoms with E-state index in [9.17, 15) is 14.7 Å². The van der Waals surface area contributed by atoms with Crippen LogP contribution >= 0.6 is 11.3 Å². The Morgan fingerprint density at radius 3 is 2.95 bits per heavy atom. The third-order valence-corrected chi connectivity index (χ3v) is 4.96.